The van der Waals surface area contributed by atoms with Gasteiger partial charge in [0.2, 0.25) is 11.8 Å². The van der Waals surface area contributed by atoms with Crippen molar-refractivity contribution in [2.75, 3.05) is 49.1 Å². The molecule has 2 aliphatic rings. The van der Waals surface area contributed by atoms with Crippen LogP contribution in [0.2, 0.25) is 0 Å². The van der Waals surface area contributed by atoms with E-state index in [9.17, 15) is 22.8 Å². The number of halogens is 3. The zero-order chi connectivity index (χ0) is 23.6. The van der Waals surface area contributed by atoms with Crippen LogP contribution in [0.3, 0.4) is 0 Å². The molecule has 1 unspecified atom stereocenters. The number of hydrogen-bond acceptors (Lipinski definition) is 4. The van der Waals surface area contributed by atoms with E-state index < -0.39 is 17.8 Å². The number of benzene rings is 2. The van der Waals surface area contributed by atoms with Crippen LogP contribution in [0.5, 0.6) is 0 Å². The molecule has 2 aliphatic heterocycles. The van der Waals surface area contributed by atoms with Gasteiger partial charge in [0, 0.05) is 64.0 Å². The SMILES string of the molecule is CC(=O)N1c2ccccc2CC1C(=O)NCCN1CCN(c2cccc(C(F)(F)F)c2)CC1. The molecule has 2 aromatic rings. The Morgan fingerprint density at radius 1 is 1.03 bits per heavy atom. The maximum atomic E-state index is 13.0. The molecule has 1 atom stereocenters. The molecule has 9 heteroatoms. The molecule has 2 aromatic carbocycles. The summed E-state index contributed by atoms with van der Waals surface area (Å²) in [6, 6.07) is 12.4. The highest BCUT2D eigenvalue weighted by atomic mass is 19.4. The van der Waals surface area contributed by atoms with Gasteiger partial charge in [-0.1, -0.05) is 24.3 Å². The number of amides is 2. The van der Waals surface area contributed by atoms with Gasteiger partial charge in [-0.3, -0.25) is 19.4 Å². The second-order valence-corrected chi connectivity index (χ2v) is 8.41. The summed E-state index contributed by atoms with van der Waals surface area (Å²) >= 11 is 0. The van der Waals surface area contributed by atoms with Gasteiger partial charge in [-0.15, -0.1) is 0 Å². The number of nitrogens with one attached hydrogen (secondary N) is 1. The Bertz CT molecular complexity index is 1020. The number of anilines is 2. The van der Waals surface area contributed by atoms with Gasteiger partial charge in [-0.25, -0.2) is 0 Å². The van der Waals surface area contributed by atoms with Crippen molar-refractivity contribution >= 4 is 23.2 Å². The molecule has 0 aromatic heterocycles. The molecular formula is C24H27F3N4O2. The largest absolute Gasteiger partial charge is 0.416 e. The summed E-state index contributed by atoms with van der Waals surface area (Å²) in [5, 5.41) is 2.95. The number of hydrogen-bond donors (Lipinski definition) is 1. The van der Waals surface area contributed by atoms with Crippen LogP contribution in [0.25, 0.3) is 0 Å². The predicted octanol–water partition coefficient (Wildman–Crippen LogP) is 2.92. The smallest absolute Gasteiger partial charge is 0.369 e. The minimum absolute atomic E-state index is 0.161. The first kappa shape index (κ1) is 23.1. The van der Waals surface area contributed by atoms with Gasteiger partial charge >= 0.3 is 6.18 Å². The van der Waals surface area contributed by atoms with E-state index >= 15 is 0 Å². The van der Waals surface area contributed by atoms with E-state index in [0.29, 0.717) is 51.4 Å². The first-order valence-electron chi connectivity index (χ1n) is 11.0. The molecule has 2 amide bonds. The number of carbonyl (C=O) groups excluding carboxylic acids is 2. The molecule has 33 heavy (non-hydrogen) atoms. The molecule has 176 valence electrons. The van der Waals surface area contributed by atoms with Crippen molar-refractivity contribution in [3.05, 3.63) is 59.7 Å². The van der Waals surface area contributed by atoms with E-state index in [1.807, 2.05) is 29.2 Å². The second-order valence-electron chi connectivity index (χ2n) is 8.41. The van der Waals surface area contributed by atoms with Crippen molar-refractivity contribution in [2.45, 2.75) is 25.6 Å². The van der Waals surface area contributed by atoms with E-state index in [0.717, 1.165) is 17.3 Å². The summed E-state index contributed by atoms with van der Waals surface area (Å²) in [4.78, 5) is 30.6. The van der Waals surface area contributed by atoms with Gasteiger partial charge in [-0.2, -0.15) is 13.2 Å². The van der Waals surface area contributed by atoms with Crippen LogP contribution in [0.15, 0.2) is 48.5 Å². The quantitative estimate of drug-likeness (QED) is 0.746. The molecule has 1 saturated heterocycles. The van der Waals surface area contributed by atoms with Gasteiger partial charge in [0.25, 0.3) is 0 Å². The Hall–Kier alpha value is -3.07. The lowest BCUT2D eigenvalue weighted by Crippen LogP contribution is -2.51. The second kappa shape index (κ2) is 9.43. The predicted molar refractivity (Wildman–Crippen MR) is 120 cm³/mol. The Morgan fingerprint density at radius 3 is 2.45 bits per heavy atom. The number of para-hydroxylation sites is 1. The molecule has 0 aliphatic carbocycles. The van der Waals surface area contributed by atoms with E-state index in [2.05, 4.69) is 10.2 Å². The topological polar surface area (TPSA) is 55.9 Å². The van der Waals surface area contributed by atoms with Crippen LogP contribution in [-0.2, 0) is 22.2 Å². The fraction of sp³-hybridized carbons (Fsp3) is 0.417. The minimum atomic E-state index is -4.35. The highest BCUT2D eigenvalue weighted by molar-refractivity contribution is 6.02. The van der Waals surface area contributed by atoms with Crippen molar-refractivity contribution in [2.24, 2.45) is 0 Å². The first-order chi connectivity index (χ1) is 15.7. The Morgan fingerprint density at radius 2 is 1.76 bits per heavy atom. The Kier molecular flexibility index (Phi) is 6.60. The number of nitrogens with zero attached hydrogens (tertiary/aromatic N) is 3. The van der Waals surface area contributed by atoms with Gasteiger partial charge in [-0.05, 0) is 29.8 Å². The molecule has 1 fully saturated rings. The van der Waals surface area contributed by atoms with Crippen molar-refractivity contribution in [3.8, 4) is 0 Å². The third-order valence-electron chi connectivity index (χ3n) is 6.26. The van der Waals surface area contributed by atoms with Crippen LogP contribution in [0, 0.1) is 0 Å². The molecule has 6 nitrogen and oxygen atoms in total. The highest BCUT2D eigenvalue weighted by Gasteiger charge is 2.36. The van der Waals surface area contributed by atoms with E-state index in [-0.39, 0.29) is 11.8 Å². The molecule has 1 N–H and O–H groups in total. The number of fused-ring (bicyclic) bond motifs is 1. The number of rotatable bonds is 5. The van der Waals surface area contributed by atoms with Crippen LogP contribution >= 0.6 is 0 Å². The molecular weight excluding hydrogens is 433 g/mol. The van der Waals surface area contributed by atoms with Gasteiger partial charge in [0.05, 0.1) is 5.56 Å². The van der Waals surface area contributed by atoms with Gasteiger partial charge < -0.3 is 10.2 Å². The van der Waals surface area contributed by atoms with Crippen LogP contribution in [0.4, 0.5) is 24.5 Å². The van der Waals surface area contributed by atoms with Gasteiger partial charge in [0.15, 0.2) is 0 Å². The molecule has 0 bridgehead atoms. The summed E-state index contributed by atoms with van der Waals surface area (Å²) < 4.78 is 38.9. The third-order valence-corrected chi connectivity index (χ3v) is 6.26. The van der Waals surface area contributed by atoms with Crippen molar-refractivity contribution in [1.82, 2.24) is 10.2 Å². The lowest BCUT2D eigenvalue weighted by molar-refractivity contribution is -0.137. The Balaban J connectivity index is 1.26. The fourth-order valence-corrected chi connectivity index (χ4v) is 4.55. The van der Waals surface area contributed by atoms with Crippen molar-refractivity contribution in [3.63, 3.8) is 0 Å². The summed E-state index contributed by atoms with van der Waals surface area (Å²) in [5.74, 6) is -0.338. The monoisotopic (exact) mass is 460 g/mol. The van der Waals surface area contributed by atoms with Crippen molar-refractivity contribution in [1.29, 1.82) is 0 Å². The van der Waals surface area contributed by atoms with Crippen molar-refractivity contribution < 1.29 is 22.8 Å². The summed E-state index contributed by atoms with van der Waals surface area (Å²) in [7, 11) is 0. The number of alkyl halides is 3. The number of piperazine rings is 1. The normalized spacial score (nSPS) is 18.8. The van der Waals surface area contributed by atoms with Crippen LogP contribution in [0.1, 0.15) is 18.1 Å². The molecule has 0 spiro atoms. The van der Waals surface area contributed by atoms with Gasteiger partial charge in [0.1, 0.15) is 6.04 Å². The first-order valence-corrected chi connectivity index (χ1v) is 11.0. The standard InChI is InChI=1S/C24H27F3N4O2/c1-17(32)31-21-8-3-2-5-18(21)15-22(31)23(33)28-9-10-29-11-13-30(14-12-29)20-7-4-6-19(16-20)24(25,26)27/h2-8,16,22H,9-15H2,1H3,(H,28,33). The summed E-state index contributed by atoms with van der Waals surface area (Å²) in [6.07, 6.45) is -3.86. The minimum Gasteiger partial charge on any atom is -0.369 e. The average molecular weight is 461 g/mol. The lowest BCUT2D eigenvalue weighted by Gasteiger charge is -2.36. The highest BCUT2D eigenvalue weighted by Crippen LogP contribution is 2.33. The molecule has 2 heterocycles. The summed E-state index contributed by atoms with van der Waals surface area (Å²) in [5.41, 5.74) is 1.70. The molecule has 0 radical (unpaired) electrons. The molecule has 4 rings (SSSR count). The lowest BCUT2D eigenvalue weighted by atomic mass is 10.1. The van der Waals surface area contributed by atoms with Crippen LogP contribution in [-0.4, -0.2) is 62.0 Å². The number of carbonyl (C=O) groups is 2. The third kappa shape index (κ3) is 5.13. The van der Waals surface area contributed by atoms with E-state index in [1.165, 1.54) is 19.1 Å². The summed E-state index contributed by atoms with van der Waals surface area (Å²) in [6.45, 7) is 5.17. The van der Waals surface area contributed by atoms with E-state index in [1.54, 1.807) is 11.0 Å². The maximum absolute atomic E-state index is 13.0. The molecule has 0 saturated carbocycles. The maximum Gasteiger partial charge on any atom is 0.416 e. The Labute approximate surface area is 191 Å². The zero-order valence-electron chi connectivity index (χ0n) is 18.4. The fourth-order valence-electron chi connectivity index (χ4n) is 4.55. The average Bonchev–Trinajstić information content (AvgIpc) is 3.19. The zero-order valence-corrected chi connectivity index (χ0v) is 18.4. The van der Waals surface area contributed by atoms with E-state index in [4.69, 9.17) is 0 Å². The van der Waals surface area contributed by atoms with Crippen LogP contribution < -0.4 is 15.1 Å².